The van der Waals surface area contributed by atoms with Crippen LogP contribution in [0, 0.1) is 27.7 Å². The van der Waals surface area contributed by atoms with E-state index in [0.717, 1.165) is 11.1 Å². The molecular formula is C25H26Cl2N2O3S. The van der Waals surface area contributed by atoms with E-state index in [9.17, 15) is 13.2 Å². The molecular weight excluding hydrogens is 479 g/mol. The third kappa shape index (κ3) is 6.15. The van der Waals surface area contributed by atoms with Gasteiger partial charge in [0.15, 0.2) is 0 Å². The Labute approximate surface area is 205 Å². The molecule has 0 aromatic heterocycles. The van der Waals surface area contributed by atoms with E-state index in [1.165, 1.54) is 4.31 Å². The lowest BCUT2D eigenvalue weighted by Gasteiger charge is -2.24. The van der Waals surface area contributed by atoms with Gasteiger partial charge in [0.25, 0.3) is 0 Å². The number of nitrogens with zero attached hydrogens (tertiary/aromatic N) is 1. The largest absolute Gasteiger partial charge is 0.325 e. The Hall–Kier alpha value is -2.38. The number of amides is 1. The van der Waals surface area contributed by atoms with Gasteiger partial charge in [-0.3, -0.25) is 4.79 Å². The van der Waals surface area contributed by atoms with Crippen LogP contribution in [0.2, 0.25) is 10.0 Å². The van der Waals surface area contributed by atoms with Crippen molar-refractivity contribution in [3.8, 4) is 0 Å². The van der Waals surface area contributed by atoms with Gasteiger partial charge in [0.05, 0.1) is 21.5 Å². The maximum atomic E-state index is 13.8. The van der Waals surface area contributed by atoms with Gasteiger partial charge < -0.3 is 5.32 Å². The summed E-state index contributed by atoms with van der Waals surface area (Å²) in [5.41, 5.74) is 4.51. The minimum absolute atomic E-state index is 0.0344. The van der Waals surface area contributed by atoms with Crippen molar-refractivity contribution in [2.24, 2.45) is 0 Å². The van der Waals surface area contributed by atoms with Gasteiger partial charge in [-0.15, -0.1) is 0 Å². The number of benzene rings is 3. The molecule has 33 heavy (non-hydrogen) atoms. The summed E-state index contributed by atoms with van der Waals surface area (Å²) in [7, 11) is -4.00. The van der Waals surface area contributed by atoms with Crippen LogP contribution in [0.4, 0.5) is 5.69 Å². The normalized spacial score (nSPS) is 11.6. The SMILES string of the molecule is Cc1ccc(NC(=O)CN(Cc2ccc(Cl)c(Cl)c2)S(=O)(=O)c2c(C)cc(C)cc2C)cc1. The Bertz CT molecular complexity index is 1270. The highest BCUT2D eigenvalue weighted by Gasteiger charge is 2.30. The van der Waals surface area contributed by atoms with E-state index in [4.69, 9.17) is 23.2 Å². The van der Waals surface area contributed by atoms with Crippen LogP contribution in [0.15, 0.2) is 59.5 Å². The molecule has 0 bridgehead atoms. The summed E-state index contributed by atoms with van der Waals surface area (Å²) in [5.74, 6) is -0.440. The van der Waals surface area contributed by atoms with Crippen molar-refractivity contribution in [2.45, 2.75) is 39.1 Å². The summed E-state index contributed by atoms with van der Waals surface area (Å²) in [6.45, 7) is 6.99. The van der Waals surface area contributed by atoms with E-state index in [2.05, 4.69) is 5.32 Å². The first kappa shape index (κ1) is 25.2. The molecule has 0 aliphatic heterocycles. The summed E-state index contributed by atoms with van der Waals surface area (Å²) < 4.78 is 28.7. The first-order chi connectivity index (χ1) is 15.5. The number of hydrogen-bond donors (Lipinski definition) is 1. The van der Waals surface area contributed by atoms with Crippen LogP contribution in [0.3, 0.4) is 0 Å². The van der Waals surface area contributed by atoms with Crippen molar-refractivity contribution in [1.82, 2.24) is 4.31 Å². The van der Waals surface area contributed by atoms with Crippen molar-refractivity contribution >= 4 is 44.8 Å². The average molecular weight is 505 g/mol. The molecule has 0 unspecified atom stereocenters. The number of nitrogens with one attached hydrogen (secondary N) is 1. The smallest absolute Gasteiger partial charge is 0.244 e. The fourth-order valence-corrected chi connectivity index (χ4v) is 5.88. The Morgan fingerprint density at radius 2 is 1.45 bits per heavy atom. The van der Waals surface area contributed by atoms with Crippen molar-refractivity contribution in [3.05, 3.63) is 92.5 Å². The molecule has 0 saturated carbocycles. The van der Waals surface area contributed by atoms with Crippen LogP contribution in [0.5, 0.6) is 0 Å². The van der Waals surface area contributed by atoms with Gasteiger partial charge >= 0.3 is 0 Å². The lowest BCUT2D eigenvalue weighted by Crippen LogP contribution is -2.38. The number of carbonyl (C=O) groups excluding carboxylic acids is 1. The second-order valence-electron chi connectivity index (χ2n) is 8.16. The number of sulfonamides is 1. The Morgan fingerprint density at radius 3 is 2.03 bits per heavy atom. The molecule has 174 valence electrons. The quantitative estimate of drug-likeness (QED) is 0.425. The van der Waals surface area contributed by atoms with Crippen molar-refractivity contribution in [2.75, 3.05) is 11.9 Å². The number of anilines is 1. The van der Waals surface area contributed by atoms with Gasteiger partial charge in [0.2, 0.25) is 15.9 Å². The Morgan fingerprint density at radius 1 is 0.848 bits per heavy atom. The van der Waals surface area contributed by atoms with Crippen molar-refractivity contribution in [1.29, 1.82) is 0 Å². The second-order valence-corrected chi connectivity index (χ2v) is 10.9. The number of halogens is 2. The predicted octanol–water partition coefficient (Wildman–Crippen LogP) is 6.06. The van der Waals surface area contributed by atoms with Gasteiger partial charge in [0.1, 0.15) is 0 Å². The summed E-state index contributed by atoms with van der Waals surface area (Å²) in [6.07, 6.45) is 0. The fourth-order valence-electron chi connectivity index (χ4n) is 3.77. The number of carbonyl (C=O) groups is 1. The summed E-state index contributed by atoms with van der Waals surface area (Å²) in [6, 6.07) is 15.9. The van der Waals surface area contributed by atoms with Gasteiger partial charge in [-0.05, 0) is 68.7 Å². The first-order valence-corrected chi connectivity index (χ1v) is 12.6. The van der Waals surface area contributed by atoms with Crippen LogP contribution in [-0.4, -0.2) is 25.2 Å². The van der Waals surface area contributed by atoms with Crippen LogP contribution in [0.1, 0.15) is 27.8 Å². The van der Waals surface area contributed by atoms with E-state index in [1.54, 1.807) is 44.2 Å². The van der Waals surface area contributed by atoms with Gasteiger partial charge in [-0.2, -0.15) is 4.31 Å². The monoisotopic (exact) mass is 504 g/mol. The third-order valence-electron chi connectivity index (χ3n) is 5.20. The highest BCUT2D eigenvalue weighted by atomic mass is 35.5. The zero-order chi connectivity index (χ0) is 24.3. The molecule has 3 aromatic carbocycles. The number of hydrogen-bond acceptors (Lipinski definition) is 3. The molecule has 0 heterocycles. The average Bonchev–Trinajstić information content (AvgIpc) is 2.71. The van der Waals surface area contributed by atoms with E-state index in [-0.39, 0.29) is 18.0 Å². The lowest BCUT2D eigenvalue weighted by molar-refractivity contribution is -0.116. The standard InChI is InChI=1S/C25H26Cl2N2O3S/c1-16-5-8-21(9-6-16)28-24(30)15-29(14-20-7-10-22(26)23(27)13-20)33(31,32)25-18(3)11-17(2)12-19(25)4/h5-13H,14-15H2,1-4H3,(H,28,30). The van der Waals surface area contributed by atoms with E-state index >= 15 is 0 Å². The molecule has 5 nitrogen and oxygen atoms in total. The second kappa shape index (κ2) is 10.3. The van der Waals surface area contributed by atoms with Gasteiger partial charge in [-0.25, -0.2) is 8.42 Å². The van der Waals surface area contributed by atoms with E-state index in [0.29, 0.717) is 32.4 Å². The molecule has 3 aromatic rings. The van der Waals surface area contributed by atoms with E-state index in [1.807, 2.05) is 38.1 Å². The number of aryl methyl sites for hydroxylation is 4. The third-order valence-corrected chi connectivity index (χ3v) is 8.04. The van der Waals surface area contributed by atoms with Gasteiger partial charge in [-0.1, -0.05) is 64.7 Å². The topological polar surface area (TPSA) is 66.5 Å². The molecule has 8 heteroatoms. The molecule has 0 aliphatic carbocycles. The molecule has 1 N–H and O–H groups in total. The zero-order valence-corrected chi connectivity index (χ0v) is 21.3. The Kier molecular flexibility index (Phi) is 7.85. The van der Waals surface area contributed by atoms with Crippen molar-refractivity contribution in [3.63, 3.8) is 0 Å². The molecule has 0 saturated heterocycles. The van der Waals surface area contributed by atoms with Gasteiger partial charge in [0, 0.05) is 12.2 Å². The fraction of sp³-hybridized carbons (Fsp3) is 0.240. The maximum absolute atomic E-state index is 13.8. The number of rotatable bonds is 7. The molecule has 3 rings (SSSR count). The van der Waals surface area contributed by atoms with Crippen LogP contribution >= 0.6 is 23.2 Å². The minimum atomic E-state index is -4.00. The molecule has 0 fully saturated rings. The first-order valence-electron chi connectivity index (χ1n) is 10.4. The molecule has 0 radical (unpaired) electrons. The van der Waals surface area contributed by atoms with Crippen molar-refractivity contribution < 1.29 is 13.2 Å². The minimum Gasteiger partial charge on any atom is -0.325 e. The van der Waals surface area contributed by atoms with E-state index < -0.39 is 15.9 Å². The molecule has 0 aliphatic rings. The van der Waals surface area contributed by atoms with Crippen LogP contribution < -0.4 is 5.32 Å². The molecule has 0 spiro atoms. The Balaban J connectivity index is 1.97. The summed E-state index contributed by atoms with van der Waals surface area (Å²) in [4.78, 5) is 13.1. The van der Waals surface area contributed by atoms with Crippen LogP contribution in [0.25, 0.3) is 0 Å². The molecule has 0 atom stereocenters. The van der Waals surface area contributed by atoms with Crippen LogP contribution in [-0.2, 0) is 21.4 Å². The lowest BCUT2D eigenvalue weighted by atomic mass is 10.1. The highest BCUT2D eigenvalue weighted by molar-refractivity contribution is 7.89. The highest BCUT2D eigenvalue weighted by Crippen LogP contribution is 2.28. The molecule has 1 amide bonds. The zero-order valence-electron chi connectivity index (χ0n) is 18.9. The summed E-state index contributed by atoms with van der Waals surface area (Å²) in [5, 5.41) is 3.47. The summed E-state index contributed by atoms with van der Waals surface area (Å²) >= 11 is 12.2. The maximum Gasteiger partial charge on any atom is 0.244 e. The predicted molar refractivity (Wildman–Crippen MR) is 135 cm³/mol.